The second-order valence-corrected chi connectivity index (χ2v) is 3.33. The van der Waals surface area contributed by atoms with Crippen molar-refractivity contribution in [3.63, 3.8) is 0 Å². The van der Waals surface area contributed by atoms with Crippen molar-refractivity contribution >= 4 is 6.03 Å². The number of rotatable bonds is 5. The summed E-state index contributed by atoms with van der Waals surface area (Å²) in [5.41, 5.74) is 5.25. The van der Waals surface area contributed by atoms with Crippen molar-refractivity contribution < 1.29 is 9.53 Å². The van der Waals surface area contributed by atoms with Crippen LogP contribution in [0.2, 0.25) is 0 Å². The predicted molar refractivity (Wildman–Crippen MR) is 54.1 cm³/mol. The van der Waals surface area contributed by atoms with Gasteiger partial charge in [-0.15, -0.1) is 0 Å². The van der Waals surface area contributed by atoms with Crippen molar-refractivity contribution in [2.24, 2.45) is 5.73 Å². The Kier molecular flexibility index (Phi) is 5.32. The minimum absolute atomic E-state index is 0.0267. The smallest absolute Gasteiger partial charge is 0.317 e. The molecule has 1 aliphatic rings. The highest BCUT2D eigenvalue weighted by Gasteiger charge is 2.16. The van der Waals surface area contributed by atoms with Gasteiger partial charge >= 0.3 is 6.03 Å². The average molecular weight is 201 g/mol. The maximum atomic E-state index is 11.4. The Hall–Kier alpha value is -0.810. The van der Waals surface area contributed by atoms with Crippen LogP contribution in [0, 0.1) is 0 Å². The van der Waals surface area contributed by atoms with Crippen LogP contribution in [0.1, 0.15) is 12.8 Å². The lowest BCUT2D eigenvalue weighted by Gasteiger charge is -2.15. The first-order valence-electron chi connectivity index (χ1n) is 5.15. The number of nitrogens with one attached hydrogen (secondary N) is 1. The summed E-state index contributed by atoms with van der Waals surface area (Å²) in [5.74, 6) is 0. The molecule has 3 N–H and O–H groups in total. The van der Waals surface area contributed by atoms with Gasteiger partial charge in [-0.1, -0.05) is 0 Å². The molecule has 0 aromatic carbocycles. The molecule has 0 aromatic heterocycles. The van der Waals surface area contributed by atoms with Gasteiger partial charge < -0.3 is 20.7 Å². The zero-order chi connectivity index (χ0) is 10.2. The van der Waals surface area contributed by atoms with Crippen molar-refractivity contribution in [3.05, 3.63) is 0 Å². The van der Waals surface area contributed by atoms with Crippen LogP contribution in [-0.4, -0.2) is 50.3 Å². The summed E-state index contributed by atoms with van der Waals surface area (Å²) in [5, 5.41) is 2.80. The maximum absolute atomic E-state index is 11.4. The van der Waals surface area contributed by atoms with Gasteiger partial charge in [0.1, 0.15) is 0 Å². The highest BCUT2D eigenvalue weighted by Crippen LogP contribution is 2.06. The summed E-state index contributed by atoms with van der Waals surface area (Å²) >= 11 is 0. The van der Waals surface area contributed by atoms with Crippen molar-refractivity contribution in [3.8, 4) is 0 Å². The molecular formula is C9H19N3O2. The molecule has 1 rings (SSSR count). The van der Waals surface area contributed by atoms with Gasteiger partial charge in [0.05, 0.1) is 13.2 Å². The average Bonchev–Trinajstić information content (AvgIpc) is 2.70. The molecule has 5 heteroatoms. The number of hydrogen-bond donors (Lipinski definition) is 2. The number of carbonyl (C=O) groups is 1. The molecular weight excluding hydrogens is 182 g/mol. The minimum atomic E-state index is 0.0267. The van der Waals surface area contributed by atoms with E-state index in [1.54, 1.807) is 0 Å². The zero-order valence-electron chi connectivity index (χ0n) is 8.50. The van der Waals surface area contributed by atoms with Crippen LogP contribution < -0.4 is 11.1 Å². The predicted octanol–water partition coefficient (Wildman–Crippen LogP) is -0.233. The fourth-order valence-corrected chi connectivity index (χ4v) is 1.45. The van der Waals surface area contributed by atoms with E-state index in [0.717, 1.165) is 25.9 Å². The summed E-state index contributed by atoms with van der Waals surface area (Å²) < 4.78 is 5.14. The van der Waals surface area contributed by atoms with E-state index >= 15 is 0 Å². The first-order valence-corrected chi connectivity index (χ1v) is 5.15. The molecule has 1 saturated heterocycles. The van der Waals surface area contributed by atoms with Gasteiger partial charge in [0.15, 0.2) is 0 Å². The summed E-state index contributed by atoms with van der Waals surface area (Å²) in [4.78, 5) is 13.2. The third-order valence-electron chi connectivity index (χ3n) is 2.18. The third-order valence-corrected chi connectivity index (χ3v) is 2.18. The topological polar surface area (TPSA) is 67.6 Å². The van der Waals surface area contributed by atoms with E-state index in [9.17, 15) is 4.79 Å². The summed E-state index contributed by atoms with van der Waals surface area (Å²) in [6.45, 7) is 3.96. The molecule has 1 heterocycles. The molecule has 14 heavy (non-hydrogen) atoms. The monoisotopic (exact) mass is 201 g/mol. The Morgan fingerprint density at radius 1 is 1.36 bits per heavy atom. The van der Waals surface area contributed by atoms with E-state index in [0.29, 0.717) is 26.3 Å². The first-order chi connectivity index (χ1) is 6.84. The van der Waals surface area contributed by atoms with Crippen LogP contribution >= 0.6 is 0 Å². The highest BCUT2D eigenvalue weighted by molar-refractivity contribution is 5.74. The molecule has 0 unspecified atom stereocenters. The molecule has 0 radical (unpaired) electrons. The van der Waals surface area contributed by atoms with E-state index in [1.807, 2.05) is 4.90 Å². The lowest BCUT2D eigenvalue weighted by atomic mass is 10.4. The summed E-state index contributed by atoms with van der Waals surface area (Å²) in [7, 11) is 0. The van der Waals surface area contributed by atoms with Crippen LogP contribution in [0.5, 0.6) is 0 Å². The zero-order valence-corrected chi connectivity index (χ0v) is 8.50. The van der Waals surface area contributed by atoms with E-state index in [4.69, 9.17) is 10.5 Å². The standard InChI is InChI=1S/C9H19N3O2/c10-3-7-14-8-4-11-9(13)12-5-1-2-6-12/h1-8,10H2,(H,11,13). The molecule has 0 aromatic rings. The number of nitrogens with zero attached hydrogens (tertiary/aromatic N) is 1. The lowest BCUT2D eigenvalue weighted by Crippen LogP contribution is -2.39. The Morgan fingerprint density at radius 2 is 2.07 bits per heavy atom. The normalized spacial score (nSPS) is 15.9. The molecule has 1 fully saturated rings. The molecule has 0 bridgehead atoms. The minimum Gasteiger partial charge on any atom is -0.378 e. The lowest BCUT2D eigenvalue weighted by molar-refractivity contribution is 0.141. The highest BCUT2D eigenvalue weighted by atomic mass is 16.5. The van der Waals surface area contributed by atoms with Crippen molar-refractivity contribution in [1.82, 2.24) is 10.2 Å². The van der Waals surface area contributed by atoms with Crippen molar-refractivity contribution in [1.29, 1.82) is 0 Å². The van der Waals surface area contributed by atoms with Gasteiger partial charge in [0.25, 0.3) is 0 Å². The second kappa shape index (κ2) is 6.62. The van der Waals surface area contributed by atoms with Gasteiger partial charge in [0.2, 0.25) is 0 Å². The molecule has 0 saturated carbocycles. The fourth-order valence-electron chi connectivity index (χ4n) is 1.45. The second-order valence-electron chi connectivity index (χ2n) is 3.33. The number of carbonyl (C=O) groups excluding carboxylic acids is 1. The number of hydrogen-bond acceptors (Lipinski definition) is 3. The fraction of sp³-hybridized carbons (Fsp3) is 0.889. The summed E-state index contributed by atoms with van der Waals surface area (Å²) in [6, 6.07) is 0.0267. The van der Waals surface area contributed by atoms with E-state index in [1.165, 1.54) is 0 Å². The van der Waals surface area contributed by atoms with Gasteiger partial charge in [-0.3, -0.25) is 0 Å². The molecule has 1 aliphatic heterocycles. The number of likely N-dealkylation sites (tertiary alicyclic amines) is 1. The Morgan fingerprint density at radius 3 is 2.71 bits per heavy atom. The Bertz CT molecular complexity index is 169. The largest absolute Gasteiger partial charge is 0.378 e. The SMILES string of the molecule is NCCOCCNC(=O)N1CCCC1. The van der Waals surface area contributed by atoms with E-state index < -0.39 is 0 Å². The Labute approximate surface area is 84.6 Å². The number of amides is 2. The van der Waals surface area contributed by atoms with Crippen LogP contribution in [0.4, 0.5) is 4.79 Å². The molecule has 0 aliphatic carbocycles. The Balaban J connectivity index is 1.97. The van der Waals surface area contributed by atoms with E-state index in [2.05, 4.69) is 5.32 Å². The number of nitrogens with two attached hydrogens (primary N) is 1. The van der Waals surface area contributed by atoms with Crippen LogP contribution in [0.3, 0.4) is 0 Å². The third kappa shape index (κ3) is 3.93. The van der Waals surface area contributed by atoms with Crippen molar-refractivity contribution in [2.75, 3.05) is 39.4 Å². The van der Waals surface area contributed by atoms with Gasteiger partial charge in [-0.2, -0.15) is 0 Å². The van der Waals surface area contributed by atoms with Crippen molar-refractivity contribution in [2.45, 2.75) is 12.8 Å². The van der Waals surface area contributed by atoms with Crippen LogP contribution in [0.15, 0.2) is 0 Å². The molecule has 0 spiro atoms. The number of urea groups is 1. The van der Waals surface area contributed by atoms with Crippen LogP contribution in [-0.2, 0) is 4.74 Å². The van der Waals surface area contributed by atoms with Gasteiger partial charge in [0, 0.05) is 26.2 Å². The van der Waals surface area contributed by atoms with E-state index in [-0.39, 0.29) is 6.03 Å². The molecule has 5 nitrogen and oxygen atoms in total. The first kappa shape index (κ1) is 11.3. The quantitative estimate of drug-likeness (QED) is 0.604. The molecule has 0 atom stereocenters. The van der Waals surface area contributed by atoms with Gasteiger partial charge in [-0.25, -0.2) is 4.79 Å². The number of ether oxygens (including phenoxy) is 1. The summed E-state index contributed by atoms with van der Waals surface area (Å²) in [6.07, 6.45) is 2.24. The maximum Gasteiger partial charge on any atom is 0.317 e. The van der Waals surface area contributed by atoms with Crippen LogP contribution in [0.25, 0.3) is 0 Å². The molecule has 2 amide bonds. The van der Waals surface area contributed by atoms with Gasteiger partial charge in [-0.05, 0) is 12.8 Å². The molecule has 82 valence electrons.